The smallest absolute Gasteiger partial charge is 0.266 e. The van der Waals surface area contributed by atoms with Crippen LogP contribution in [0.25, 0.3) is 6.08 Å². The number of nitrogens with zero attached hydrogens (tertiary/aromatic N) is 1. The molecule has 0 aliphatic heterocycles. The Labute approximate surface area is 182 Å². The molecule has 1 N–H and O–H groups in total. The summed E-state index contributed by atoms with van der Waals surface area (Å²) in [6.45, 7) is 0.377. The lowest BCUT2D eigenvalue weighted by Crippen LogP contribution is -2.13. The Kier molecular flexibility index (Phi) is 7.07. The van der Waals surface area contributed by atoms with Gasteiger partial charge in [0.1, 0.15) is 24.0 Å². The molecule has 6 heteroatoms. The third kappa shape index (κ3) is 5.95. The highest BCUT2D eigenvalue weighted by molar-refractivity contribution is 9.10. The number of rotatable bonds is 6. The summed E-state index contributed by atoms with van der Waals surface area (Å²) in [6, 6.07) is 23.8. The van der Waals surface area contributed by atoms with Gasteiger partial charge in [0.2, 0.25) is 0 Å². The topological polar surface area (TPSA) is 62.1 Å². The van der Waals surface area contributed by atoms with Crippen molar-refractivity contribution in [1.29, 1.82) is 5.26 Å². The molecule has 0 fully saturated rings. The number of carbonyl (C=O) groups is 1. The minimum Gasteiger partial charge on any atom is -0.488 e. The van der Waals surface area contributed by atoms with Crippen LogP contribution in [0, 0.1) is 11.3 Å². The van der Waals surface area contributed by atoms with E-state index in [1.54, 1.807) is 36.4 Å². The van der Waals surface area contributed by atoms with E-state index >= 15 is 0 Å². The van der Waals surface area contributed by atoms with Gasteiger partial charge >= 0.3 is 0 Å². The van der Waals surface area contributed by atoms with E-state index in [9.17, 15) is 10.1 Å². The van der Waals surface area contributed by atoms with Crippen LogP contribution in [0.3, 0.4) is 0 Å². The molecule has 0 heterocycles. The Morgan fingerprint density at radius 1 is 1.10 bits per heavy atom. The number of nitriles is 1. The molecule has 0 saturated heterocycles. The molecule has 0 atom stereocenters. The zero-order valence-corrected chi connectivity index (χ0v) is 17.6. The molecule has 1 amide bonds. The maximum atomic E-state index is 12.5. The quantitative estimate of drug-likeness (QED) is 0.345. The van der Waals surface area contributed by atoms with E-state index in [1.807, 2.05) is 42.5 Å². The van der Waals surface area contributed by atoms with Crippen LogP contribution in [0.5, 0.6) is 5.75 Å². The van der Waals surface area contributed by atoms with E-state index in [-0.39, 0.29) is 5.57 Å². The monoisotopic (exact) mass is 466 g/mol. The van der Waals surface area contributed by atoms with Crippen molar-refractivity contribution in [3.63, 3.8) is 0 Å². The van der Waals surface area contributed by atoms with Crippen LogP contribution in [0.4, 0.5) is 5.69 Å². The SMILES string of the molecule is N#C/C(=C/c1cc(Br)ccc1OCc1ccccc1)C(=O)Nc1ccc(Cl)cc1. The van der Waals surface area contributed by atoms with Gasteiger partial charge in [-0.05, 0) is 54.1 Å². The molecule has 0 aromatic heterocycles. The largest absolute Gasteiger partial charge is 0.488 e. The molecule has 4 nitrogen and oxygen atoms in total. The van der Waals surface area contributed by atoms with Gasteiger partial charge in [0.05, 0.1) is 0 Å². The van der Waals surface area contributed by atoms with Gasteiger partial charge in [0, 0.05) is 20.7 Å². The van der Waals surface area contributed by atoms with Crippen molar-refractivity contribution in [3.05, 3.63) is 99.0 Å². The average molecular weight is 468 g/mol. The van der Waals surface area contributed by atoms with Crippen LogP contribution in [0.2, 0.25) is 5.02 Å². The Morgan fingerprint density at radius 2 is 1.83 bits per heavy atom. The molecule has 0 spiro atoms. The van der Waals surface area contributed by atoms with E-state index in [0.717, 1.165) is 10.0 Å². The molecule has 144 valence electrons. The van der Waals surface area contributed by atoms with Crippen LogP contribution < -0.4 is 10.1 Å². The minimum absolute atomic E-state index is 0.0392. The first-order valence-electron chi connectivity index (χ1n) is 8.70. The average Bonchev–Trinajstić information content (AvgIpc) is 2.73. The Morgan fingerprint density at radius 3 is 2.52 bits per heavy atom. The standard InChI is InChI=1S/C23H16BrClN2O2/c24-19-6-11-22(29-15-16-4-2-1-3-5-16)17(13-19)12-18(14-26)23(28)27-21-9-7-20(25)8-10-21/h1-13H,15H2,(H,27,28)/b18-12-. The van der Waals surface area contributed by atoms with Gasteiger partial charge < -0.3 is 10.1 Å². The summed E-state index contributed by atoms with van der Waals surface area (Å²) in [4.78, 5) is 12.5. The van der Waals surface area contributed by atoms with E-state index < -0.39 is 5.91 Å². The van der Waals surface area contributed by atoms with Crippen LogP contribution in [-0.2, 0) is 11.4 Å². The van der Waals surface area contributed by atoms with Crippen molar-refractivity contribution in [1.82, 2.24) is 0 Å². The number of nitrogens with one attached hydrogen (secondary N) is 1. The van der Waals surface area contributed by atoms with Crippen LogP contribution in [0.1, 0.15) is 11.1 Å². The van der Waals surface area contributed by atoms with Crippen molar-refractivity contribution < 1.29 is 9.53 Å². The Balaban J connectivity index is 1.82. The highest BCUT2D eigenvalue weighted by Gasteiger charge is 2.12. The van der Waals surface area contributed by atoms with Gasteiger partial charge in [0.15, 0.2) is 0 Å². The zero-order valence-electron chi connectivity index (χ0n) is 15.2. The molecule has 3 aromatic carbocycles. The second-order valence-electron chi connectivity index (χ2n) is 6.09. The van der Waals surface area contributed by atoms with E-state index in [1.165, 1.54) is 6.08 Å². The fraction of sp³-hybridized carbons (Fsp3) is 0.0435. The summed E-state index contributed by atoms with van der Waals surface area (Å²) in [5.74, 6) is 0.0629. The summed E-state index contributed by atoms with van der Waals surface area (Å²) in [5.41, 5.74) is 2.16. The van der Waals surface area contributed by atoms with Gasteiger partial charge in [-0.25, -0.2) is 0 Å². The molecule has 3 aromatic rings. The maximum absolute atomic E-state index is 12.5. The normalized spacial score (nSPS) is 10.9. The molecule has 0 saturated carbocycles. The molecule has 3 rings (SSSR count). The maximum Gasteiger partial charge on any atom is 0.266 e. The lowest BCUT2D eigenvalue weighted by Gasteiger charge is -2.11. The molecule has 0 aliphatic rings. The minimum atomic E-state index is -0.510. The van der Waals surface area contributed by atoms with Crippen molar-refractivity contribution in [3.8, 4) is 11.8 Å². The van der Waals surface area contributed by atoms with Crippen molar-refractivity contribution in [2.24, 2.45) is 0 Å². The van der Waals surface area contributed by atoms with E-state index in [2.05, 4.69) is 21.2 Å². The second-order valence-corrected chi connectivity index (χ2v) is 7.44. The molecule has 29 heavy (non-hydrogen) atoms. The third-order valence-electron chi connectivity index (χ3n) is 3.98. The Hall–Kier alpha value is -3.07. The number of benzene rings is 3. The fourth-order valence-electron chi connectivity index (χ4n) is 2.53. The summed E-state index contributed by atoms with van der Waals surface area (Å²) < 4.78 is 6.72. The number of hydrogen-bond acceptors (Lipinski definition) is 3. The molecule has 0 radical (unpaired) electrons. The van der Waals surface area contributed by atoms with Gasteiger partial charge in [-0.15, -0.1) is 0 Å². The molecular formula is C23H16BrClN2O2. The number of anilines is 1. The van der Waals surface area contributed by atoms with Crippen molar-refractivity contribution >= 4 is 45.2 Å². The third-order valence-corrected chi connectivity index (χ3v) is 4.72. The molecular weight excluding hydrogens is 452 g/mol. The van der Waals surface area contributed by atoms with Crippen LogP contribution >= 0.6 is 27.5 Å². The number of ether oxygens (including phenoxy) is 1. The first-order valence-corrected chi connectivity index (χ1v) is 9.87. The van der Waals surface area contributed by atoms with Crippen molar-refractivity contribution in [2.75, 3.05) is 5.32 Å². The number of halogens is 2. The van der Waals surface area contributed by atoms with Gasteiger partial charge in [0.25, 0.3) is 5.91 Å². The summed E-state index contributed by atoms with van der Waals surface area (Å²) in [7, 11) is 0. The van der Waals surface area contributed by atoms with E-state index in [0.29, 0.717) is 28.6 Å². The van der Waals surface area contributed by atoms with Crippen molar-refractivity contribution in [2.45, 2.75) is 6.61 Å². The fourth-order valence-corrected chi connectivity index (χ4v) is 3.04. The van der Waals surface area contributed by atoms with Crippen LogP contribution in [0.15, 0.2) is 82.8 Å². The highest BCUT2D eigenvalue weighted by Crippen LogP contribution is 2.27. The summed E-state index contributed by atoms with van der Waals surface area (Å²) in [6.07, 6.45) is 1.51. The summed E-state index contributed by atoms with van der Waals surface area (Å²) in [5, 5.41) is 12.7. The second kappa shape index (κ2) is 9.92. The molecule has 0 bridgehead atoms. The van der Waals surface area contributed by atoms with E-state index in [4.69, 9.17) is 16.3 Å². The number of carbonyl (C=O) groups excluding carboxylic acids is 1. The lowest BCUT2D eigenvalue weighted by atomic mass is 10.1. The van der Waals surface area contributed by atoms with Gasteiger partial charge in [-0.3, -0.25) is 4.79 Å². The first-order chi connectivity index (χ1) is 14.0. The van der Waals surface area contributed by atoms with Crippen LogP contribution in [-0.4, -0.2) is 5.91 Å². The highest BCUT2D eigenvalue weighted by atomic mass is 79.9. The van der Waals surface area contributed by atoms with Gasteiger partial charge in [-0.1, -0.05) is 57.9 Å². The molecule has 0 unspecified atom stereocenters. The first kappa shape index (κ1) is 20.7. The lowest BCUT2D eigenvalue weighted by molar-refractivity contribution is -0.112. The Bertz CT molecular complexity index is 1070. The summed E-state index contributed by atoms with van der Waals surface area (Å²) >= 11 is 9.28. The molecule has 0 aliphatic carbocycles. The number of amides is 1. The zero-order chi connectivity index (χ0) is 20.6. The number of hydrogen-bond donors (Lipinski definition) is 1. The predicted octanol–water partition coefficient (Wildman–Crippen LogP) is 6.23. The predicted molar refractivity (Wildman–Crippen MR) is 119 cm³/mol. The van der Waals surface area contributed by atoms with Gasteiger partial charge in [-0.2, -0.15) is 5.26 Å².